The van der Waals surface area contributed by atoms with E-state index in [1.54, 1.807) is 18.2 Å². The van der Waals surface area contributed by atoms with E-state index in [1.165, 1.54) is 11.8 Å². The average Bonchev–Trinajstić information content (AvgIpc) is 2.38. The first-order valence-corrected chi connectivity index (χ1v) is 7.21. The lowest BCUT2D eigenvalue weighted by atomic mass is 10.2. The molecule has 7 heteroatoms. The second-order valence-electron chi connectivity index (χ2n) is 4.86. The molecule has 116 valence electrons. The maximum Gasteiger partial charge on any atom is 0.240 e. The van der Waals surface area contributed by atoms with Gasteiger partial charge in [0.15, 0.2) is 0 Å². The fourth-order valence-corrected chi connectivity index (χ4v) is 1.95. The van der Waals surface area contributed by atoms with Gasteiger partial charge >= 0.3 is 0 Å². The maximum absolute atomic E-state index is 11.9. The zero-order valence-electron chi connectivity index (χ0n) is 12.3. The van der Waals surface area contributed by atoms with Gasteiger partial charge in [-0.05, 0) is 32.3 Å². The number of carbonyl (C=O) groups is 2. The van der Waals surface area contributed by atoms with E-state index in [9.17, 15) is 9.59 Å². The van der Waals surface area contributed by atoms with E-state index in [0.29, 0.717) is 22.3 Å². The van der Waals surface area contributed by atoms with E-state index >= 15 is 0 Å². The lowest BCUT2D eigenvalue weighted by Gasteiger charge is -2.21. The molecule has 0 bridgehead atoms. The number of rotatable bonds is 6. The van der Waals surface area contributed by atoms with E-state index in [0.717, 1.165) is 6.54 Å². The molecular formula is C14H19Cl2N3O2. The summed E-state index contributed by atoms with van der Waals surface area (Å²) in [7, 11) is 3.84. The Kier molecular flexibility index (Phi) is 6.95. The average molecular weight is 332 g/mol. The minimum Gasteiger partial charge on any atom is -0.353 e. The van der Waals surface area contributed by atoms with Crippen LogP contribution in [-0.2, 0) is 9.59 Å². The van der Waals surface area contributed by atoms with Crippen molar-refractivity contribution in [3.8, 4) is 0 Å². The number of nitrogens with zero attached hydrogens (tertiary/aromatic N) is 2. The molecule has 0 radical (unpaired) electrons. The van der Waals surface area contributed by atoms with Crippen molar-refractivity contribution in [3.05, 3.63) is 28.2 Å². The molecule has 0 aliphatic rings. The van der Waals surface area contributed by atoms with Crippen LogP contribution in [0.5, 0.6) is 0 Å². The summed E-state index contributed by atoms with van der Waals surface area (Å²) in [6, 6.07) is 4.82. The Bertz CT molecular complexity index is 521. The van der Waals surface area contributed by atoms with Crippen LogP contribution >= 0.6 is 23.2 Å². The van der Waals surface area contributed by atoms with Crippen molar-refractivity contribution in [2.75, 3.05) is 38.6 Å². The predicted molar refractivity (Wildman–Crippen MR) is 86.1 cm³/mol. The third-order valence-electron chi connectivity index (χ3n) is 2.78. The molecule has 0 atom stereocenters. The summed E-state index contributed by atoms with van der Waals surface area (Å²) in [5.41, 5.74) is 0.541. The molecule has 0 saturated carbocycles. The molecule has 0 spiro atoms. The van der Waals surface area contributed by atoms with Gasteiger partial charge in [0.25, 0.3) is 0 Å². The highest BCUT2D eigenvalue weighted by molar-refractivity contribution is 6.42. The third kappa shape index (κ3) is 5.91. The van der Waals surface area contributed by atoms with E-state index in [4.69, 9.17) is 23.2 Å². The Morgan fingerprint density at radius 1 is 1.19 bits per heavy atom. The van der Waals surface area contributed by atoms with Gasteiger partial charge in [0.05, 0.1) is 10.0 Å². The largest absolute Gasteiger partial charge is 0.353 e. The van der Waals surface area contributed by atoms with Gasteiger partial charge in [-0.3, -0.25) is 9.59 Å². The smallest absolute Gasteiger partial charge is 0.240 e. The lowest BCUT2D eigenvalue weighted by molar-refractivity contribution is -0.123. The van der Waals surface area contributed by atoms with Crippen LogP contribution in [0.2, 0.25) is 10.0 Å². The standard InChI is InChI=1S/C14H19Cl2N3O2/c1-10(20)19(9-14(21)17-6-7-18(2)3)11-4-5-12(15)13(16)8-11/h4-5,8H,6-7,9H2,1-3H3,(H,17,21). The number of hydrogen-bond acceptors (Lipinski definition) is 3. The number of carbonyl (C=O) groups excluding carboxylic acids is 2. The molecule has 0 unspecified atom stereocenters. The first-order valence-electron chi connectivity index (χ1n) is 6.46. The fraction of sp³-hybridized carbons (Fsp3) is 0.429. The Morgan fingerprint density at radius 2 is 1.86 bits per heavy atom. The van der Waals surface area contributed by atoms with Gasteiger partial charge in [-0.2, -0.15) is 0 Å². The van der Waals surface area contributed by atoms with Crippen molar-refractivity contribution in [1.82, 2.24) is 10.2 Å². The van der Waals surface area contributed by atoms with Crippen LogP contribution in [0.3, 0.4) is 0 Å². The molecule has 2 amide bonds. The summed E-state index contributed by atoms with van der Waals surface area (Å²) in [5, 5.41) is 3.50. The summed E-state index contributed by atoms with van der Waals surface area (Å²) in [6.07, 6.45) is 0. The maximum atomic E-state index is 11.9. The summed E-state index contributed by atoms with van der Waals surface area (Å²) in [6.45, 7) is 2.61. The molecule has 0 saturated heterocycles. The molecule has 0 aromatic heterocycles. The summed E-state index contributed by atoms with van der Waals surface area (Å²) in [4.78, 5) is 26.9. The van der Waals surface area contributed by atoms with Crippen molar-refractivity contribution >= 4 is 40.7 Å². The topological polar surface area (TPSA) is 52.7 Å². The summed E-state index contributed by atoms with van der Waals surface area (Å²) < 4.78 is 0. The van der Waals surface area contributed by atoms with Crippen molar-refractivity contribution in [2.24, 2.45) is 0 Å². The Morgan fingerprint density at radius 3 is 2.38 bits per heavy atom. The monoisotopic (exact) mass is 331 g/mol. The highest BCUT2D eigenvalue weighted by Gasteiger charge is 2.16. The van der Waals surface area contributed by atoms with Gasteiger partial charge in [-0.1, -0.05) is 23.2 Å². The van der Waals surface area contributed by atoms with Gasteiger partial charge in [0.2, 0.25) is 11.8 Å². The van der Waals surface area contributed by atoms with Gasteiger partial charge in [-0.25, -0.2) is 0 Å². The molecule has 1 N–H and O–H groups in total. The van der Waals surface area contributed by atoms with Crippen LogP contribution in [0.15, 0.2) is 18.2 Å². The highest BCUT2D eigenvalue weighted by atomic mass is 35.5. The van der Waals surface area contributed by atoms with E-state index in [1.807, 2.05) is 19.0 Å². The van der Waals surface area contributed by atoms with Gasteiger partial charge < -0.3 is 15.1 Å². The van der Waals surface area contributed by atoms with Gasteiger partial charge in [-0.15, -0.1) is 0 Å². The molecule has 0 aliphatic carbocycles. The van der Waals surface area contributed by atoms with E-state index in [2.05, 4.69) is 5.32 Å². The minimum absolute atomic E-state index is 0.0548. The number of nitrogens with one attached hydrogen (secondary N) is 1. The lowest BCUT2D eigenvalue weighted by Crippen LogP contribution is -2.41. The van der Waals surface area contributed by atoms with Crippen LogP contribution in [0.1, 0.15) is 6.92 Å². The number of benzene rings is 1. The van der Waals surface area contributed by atoms with Gasteiger partial charge in [0.1, 0.15) is 6.54 Å². The Hall–Kier alpha value is -1.30. The summed E-state index contributed by atoms with van der Waals surface area (Å²) in [5.74, 6) is -0.464. The highest BCUT2D eigenvalue weighted by Crippen LogP contribution is 2.27. The number of anilines is 1. The van der Waals surface area contributed by atoms with Crippen molar-refractivity contribution in [3.63, 3.8) is 0 Å². The number of likely N-dealkylation sites (N-methyl/N-ethyl adjacent to an activating group) is 1. The molecule has 5 nitrogen and oxygen atoms in total. The SMILES string of the molecule is CC(=O)N(CC(=O)NCCN(C)C)c1ccc(Cl)c(Cl)c1. The Balaban J connectivity index is 2.71. The number of amides is 2. The van der Waals surface area contributed by atoms with Crippen LogP contribution in [0.25, 0.3) is 0 Å². The molecule has 0 heterocycles. The first-order chi connectivity index (χ1) is 9.81. The van der Waals surface area contributed by atoms with Crippen LogP contribution in [0.4, 0.5) is 5.69 Å². The van der Waals surface area contributed by atoms with Crippen molar-refractivity contribution in [2.45, 2.75) is 6.92 Å². The number of hydrogen-bond donors (Lipinski definition) is 1. The number of halogens is 2. The van der Waals surface area contributed by atoms with E-state index < -0.39 is 0 Å². The minimum atomic E-state index is -0.240. The zero-order chi connectivity index (χ0) is 16.0. The van der Waals surface area contributed by atoms with Gasteiger partial charge in [0, 0.05) is 25.7 Å². The molecule has 0 aliphatic heterocycles. The Labute approximate surface area is 134 Å². The molecule has 1 aromatic rings. The fourth-order valence-electron chi connectivity index (χ4n) is 1.66. The molecular weight excluding hydrogens is 313 g/mol. The zero-order valence-corrected chi connectivity index (χ0v) is 13.8. The normalized spacial score (nSPS) is 10.6. The molecule has 21 heavy (non-hydrogen) atoms. The van der Waals surface area contributed by atoms with Crippen molar-refractivity contribution in [1.29, 1.82) is 0 Å². The van der Waals surface area contributed by atoms with Crippen LogP contribution in [0, 0.1) is 0 Å². The second-order valence-corrected chi connectivity index (χ2v) is 5.67. The summed E-state index contributed by atoms with van der Waals surface area (Å²) >= 11 is 11.8. The predicted octanol–water partition coefficient (Wildman–Crippen LogP) is 2.02. The van der Waals surface area contributed by atoms with Crippen molar-refractivity contribution < 1.29 is 9.59 Å². The van der Waals surface area contributed by atoms with E-state index in [-0.39, 0.29) is 18.4 Å². The van der Waals surface area contributed by atoms with Crippen LogP contribution < -0.4 is 10.2 Å². The van der Waals surface area contributed by atoms with Crippen LogP contribution in [-0.4, -0.2) is 50.4 Å². The second kappa shape index (κ2) is 8.22. The first kappa shape index (κ1) is 17.8. The quantitative estimate of drug-likeness (QED) is 0.867. The molecule has 1 rings (SSSR count). The third-order valence-corrected chi connectivity index (χ3v) is 3.52. The molecule has 1 aromatic carbocycles. The molecule has 0 fully saturated rings.